The number of ether oxygens (including phenoxy) is 1. The number of hydrogen-bond acceptors (Lipinski definition) is 4. The maximum Gasteiger partial charge on any atom is 0.411 e. The Balaban J connectivity index is 1.68. The molecule has 0 unspecified atom stereocenters. The monoisotopic (exact) mass is 348 g/mol. The Morgan fingerprint density at radius 1 is 1.33 bits per heavy atom. The van der Waals surface area contributed by atoms with E-state index in [1.54, 1.807) is 6.07 Å². The zero-order valence-corrected chi connectivity index (χ0v) is 14.4. The molecule has 1 amide bonds. The Bertz CT molecular complexity index is 690. The minimum Gasteiger partial charge on any atom is -0.446 e. The smallest absolute Gasteiger partial charge is 0.411 e. The van der Waals surface area contributed by atoms with Crippen LogP contribution in [0.15, 0.2) is 35.0 Å². The van der Waals surface area contributed by atoms with Crippen LogP contribution in [0.3, 0.4) is 0 Å². The zero-order chi connectivity index (χ0) is 16.9. The summed E-state index contributed by atoms with van der Waals surface area (Å²) >= 11 is 1.53. The van der Waals surface area contributed by atoms with Crippen molar-refractivity contribution in [3.05, 3.63) is 40.8 Å². The molecule has 1 aliphatic carbocycles. The maximum absolute atomic E-state index is 13.6. The molecular weight excluding hydrogens is 327 g/mol. The number of thiophene rings is 1. The number of rotatable bonds is 4. The van der Waals surface area contributed by atoms with E-state index in [4.69, 9.17) is 4.74 Å². The molecule has 24 heavy (non-hydrogen) atoms. The number of carbonyl (C=O) groups is 1. The van der Waals surface area contributed by atoms with E-state index in [2.05, 4.69) is 10.6 Å². The van der Waals surface area contributed by atoms with Gasteiger partial charge in [0.15, 0.2) is 0 Å². The Hall–Kier alpha value is -1.92. The van der Waals surface area contributed by atoms with Crippen LogP contribution in [-0.4, -0.2) is 25.3 Å². The van der Waals surface area contributed by atoms with Crippen LogP contribution in [0.1, 0.15) is 25.7 Å². The number of nitrogens with one attached hydrogen (secondary N) is 2. The molecule has 2 atom stereocenters. The van der Waals surface area contributed by atoms with Crippen LogP contribution in [0, 0.1) is 5.82 Å². The van der Waals surface area contributed by atoms with Crippen LogP contribution in [-0.2, 0) is 4.74 Å². The highest BCUT2D eigenvalue weighted by molar-refractivity contribution is 7.08. The molecule has 1 aliphatic rings. The third-order valence-corrected chi connectivity index (χ3v) is 5.04. The van der Waals surface area contributed by atoms with Crippen LogP contribution in [0.2, 0.25) is 0 Å². The molecule has 0 bridgehead atoms. The number of halogens is 1. The fourth-order valence-electron chi connectivity index (χ4n) is 3.09. The summed E-state index contributed by atoms with van der Waals surface area (Å²) in [7, 11) is 1.93. The fraction of sp³-hybridized carbons (Fsp3) is 0.389. The predicted molar refractivity (Wildman–Crippen MR) is 94.9 cm³/mol. The lowest BCUT2D eigenvalue weighted by Crippen LogP contribution is -2.36. The van der Waals surface area contributed by atoms with Gasteiger partial charge in [-0.05, 0) is 73.3 Å². The van der Waals surface area contributed by atoms with E-state index in [1.807, 2.05) is 23.9 Å². The average molecular weight is 348 g/mol. The summed E-state index contributed by atoms with van der Waals surface area (Å²) < 4.78 is 19.1. The second-order valence-corrected chi connectivity index (χ2v) is 6.79. The van der Waals surface area contributed by atoms with Gasteiger partial charge in [-0.15, -0.1) is 0 Å². The highest BCUT2D eigenvalue weighted by Crippen LogP contribution is 2.31. The number of carbonyl (C=O) groups excluding carboxylic acids is 1. The molecule has 4 nitrogen and oxygen atoms in total. The minimum atomic E-state index is -0.486. The molecule has 1 saturated carbocycles. The lowest BCUT2D eigenvalue weighted by atomic mass is 9.93. The molecule has 1 aromatic carbocycles. The van der Waals surface area contributed by atoms with Crippen molar-refractivity contribution in [3.8, 4) is 11.1 Å². The quantitative estimate of drug-likeness (QED) is 0.847. The van der Waals surface area contributed by atoms with Gasteiger partial charge < -0.3 is 10.1 Å². The molecule has 1 heterocycles. The van der Waals surface area contributed by atoms with Crippen LogP contribution in [0.25, 0.3) is 11.1 Å². The summed E-state index contributed by atoms with van der Waals surface area (Å²) in [5.41, 5.74) is 2.09. The predicted octanol–water partition coefficient (Wildman–Crippen LogP) is 4.63. The zero-order valence-electron chi connectivity index (χ0n) is 13.5. The van der Waals surface area contributed by atoms with Crippen molar-refractivity contribution in [2.75, 3.05) is 12.4 Å². The van der Waals surface area contributed by atoms with Gasteiger partial charge >= 0.3 is 6.09 Å². The average Bonchev–Trinajstić information content (AvgIpc) is 3.11. The lowest BCUT2D eigenvalue weighted by molar-refractivity contribution is 0.0773. The van der Waals surface area contributed by atoms with Gasteiger partial charge in [0.1, 0.15) is 11.9 Å². The van der Waals surface area contributed by atoms with Gasteiger partial charge in [-0.1, -0.05) is 0 Å². The summed E-state index contributed by atoms with van der Waals surface area (Å²) in [5, 5.41) is 9.84. The molecule has 2 aromatic rings. The molecule has 0 radical (unpaired) electrons. The molecule has 0 aliphatic heterocycles. The van der Waals surface area contributed by atoms with Crippen molar-refractivity contribution in [2.45, 2.75) is 37.8 Å². The summed E-state index contributed by atoms with van der Waals surface area (Å²) in [5.74, 6) is -0.334. The standard InChI is InChI=1S/C18H21FN2O2S/c1-20-14-3-2-4-15(10-14)23-18(22)21-17-6-5-13(19)9-16(17)12-7-8-24-11-12/h5-9,11,14-15,20H,2-4,10H2,1H3,(H,21,22)/t14-,15-/m1/s1. The SMILES string of the molecule is CN[C@@H]1CCC[C@@H](OC(=O)Nc2ccc(F)cc2-c2ccsc2)C1. The Morgan fingerprint density at radius 3 is 2.96 bits per heavy atom. The first kappa shape index (κ1) is 16.9. The lowest BCUT2D eigenvalue weighted by Gasteiger charge is -2.28. The molecule has 0 spiro atoms. The Labute approximate surface area is 145 Å². The topological polar surface area (TPSA) is 50.4 Å². The van der Waals surface area contributed by atoms with Crippen molar-refractivity contribution < 1.29 is 13.9 Å². The van der Waals surface area contributed by atoms with E-state index in [0.29, 0.717) is 17.3 Å². The van der Waals surface area contributed by atoms with Crippen molar-refractivity contribution in [3.63, 3.8) is 0 Å². The van der Waals surface area contributed by atoms with Crippen molar-refractivity contribution in [1.82, 2.24) is 5.32 Å². The van der Waals surface area contributed by atoms with E-state index in [0.717, 1.165) is 31.2 Å². The van der Waals surface area contributed by atoms with E-state index in [-0.39, 0.29) is 11.9 Å². The molecule has 1 fully saturated rings. The molecule has 3 rings (SSSR count). The van der Waals surface area contributed by atoms with Gasteiger partial charge in [-0.25, -0.2) is 9.18 Å². The third kappa shape index (κ3) is 4.13. The summed E-state index contributed by atoms with van der Waals surface area (Å²) in [4.78, 5) is 12.2. The fourth-order valence-corrected chi connectivity index (χ4v) is 3.74. The van der Waals surface area contributed by atoms with Crippen LogP contribution < -0.4 is 10.6 Å². The van der Waals surface area contributed by atoms with Crippen LogP contribution in [0.5, 0.6) is 0 Å². The molecule has 1 aromatic heterocycles. The van der Waals surface area contributed by atoms with E-state index in [1.165, 1.54) is 23.5 Å². The van der Waals surface area contributed by atoms with Crippen molar-refractivity contribution in [2.24, 2.45) is 0 Å². The molecule has 2 N–H and O–H groups in total. The Morgan fingerprint density at radius 2 is 2.21 bits per heavy atom. The second-order valence-electron chi connectivity index (χ2n) is 6.01. The number of amides is 1. The third-order valence-electron chi connectivity index (χ3n) is 4.36. The summed E-state index contributed by atoms with van der Waals surface area (Å²) in [6.07, 6.45) is 3.29. The normalized spacial score (nSPS) is 20.6. The molecule has 6 heteroatoms. The second kappa shape index (κ2) is 7.77. The molecule has 0 saturated heterocycles. The Kier molecular flexibility index (Phi) is 5.48. The van der Waals surface area contributed by atoms with Gasteiger partial charge in [-0.3, -0.25) is 5.32 Å². The van der Waals surface area contributed by atoms with Gasteiger partial charge in [0.05, 0.1) is 5.69 Å². The first-order valence-corrected chi connectivity index (χ1v) is 9.07. The van der Waals surface area contributed by atoms with Crippen molar-refractivity contribution >= 4 is 23.1 Å². The minimum absolute atomic E-state index is 0.0822. The van der Waals surface area contributed by atoms with E-state index >= 15 is 0 Å². The summed E-state index contributed by atoms with van der Waals surface area (Å²) in [6.45, 7) is 0. The largest absolute Gasteiger partial charge is 0.446 e. The van der Waals surface area contributed by atoms with Crippen LogP contribution in [0.4, 0.5) is 14.9 Å². The van der Waals surface area contributed by atoms with Gasteiger partial charge in [0, 0.05) is 11.6 Å². The van der Waals surface area contributed by atoms with Gasteiger partial charge in [0.2, 0.25) is 0 Å². The number of hydrogen-bond donors (Lipinski definition) is 2. The number of benzene rings is 1. The summed E-state index contributed by atoms with van der Waals surface area (Å²) in [6, 6.07) is 6.62. The first-order chi connectivity index (χ1) is 11.7. The molecular formula is C18H21FN2O2S. The molecule has 128 valence electrons. The maximum atomic E-state index is 13.6. The first-order valence-electron chi connectivity index (χ1n) is 8.12. The van der Waals surface area contributed by atoms with Crippen molar-refractivity contribution in [1.29, 1.82) is 0 Å². The van der Waals surface area contributed by atoms with E-state index in [9.17, 15) is 9.18 Å². The van der Waals surface area contributed by atoms with Gasteiger partial charge in [0.25, 0.3) is 0 Å². The highest BCUT2D eigenvalue weighted by Gasteiger charge is 2.24. The van der Waals surface area contributed by atoms with Gasteiger partial charge in [-0.2, -0.15) is 11.3 Å². The highest BCUT2D eigenvalue weighted by atomic mass is 32.1. The van der Waals surface area contributed by atoms with Crippen LogP contribution >= 0.6 is 11.3 Å². The van der Waals surface area contributed by atoms with E-state index < -0.39 is 6.09 Å². The number of anilines is 1.